The number of carbonyl (C=O) groups excluding carboxylic acids is 1. The molecule has 0 aliphatic rings. The van der Waals surface area contributed by atoms with Crippen LogP contribution in [0.2, 0.25) is 0 Å². The highest BCUT2D eigenvalue weighted by Gasteiger charge is 2.11. The van der Waals surface area contributed by atoms with Crippen LogP contribution in [0.15, 0.2) is 59.6 Å². The van der Waals surface area contributed by atoms with E-state index in [0.717, 1.165) is 56.1 Å². The maximum Gasteiger partial charge on any atom is 0.253 e. The van der Waals surface area contributed by atoms with Crippen molar-refractivity contribution >= 4 is 11.9 Å². The summed E-state index contributed by atoms with van der Waals surface area (Å²) in [5.74, 6) is 0.905. The van der Waals surface area contributed by atoms with Gasteiger partial charge in [0, 0.05) is 31.7 Å². The molecule has 2 aromatic carbocycles. The van der Waals surface area contributed by atoms with Crippen LogP contribution in [0, 0.1) is 0 Å². The van der Waals surface area contributed by atoms with E-state index in [2.05, 4.69) is 46.8 Å². The van der Waals surface area contributed by atoms with E-state index in [1.165, 1.54) is 5.56 Å². The van der Waals surface area contributed by atoms with Crippen LogP contribution in [-0.2, 0) is 13.0 Å². The number of aliphatic imine (C=N–C) groups is 1. The molecule has 0 radical (unpaired) electrons. The topological polar surface area (TPSA) is 56.7 Å². The summed E-state index contributed by atoms with van der Waals surface area (Å²) in [6, 6.07) is 18.3. The van der Waals surface area contributed by atoms with Crippen LogP contribution >= 0.6 is 0 Å². The van der Waals surface area contributed by atoms with Gasteiger partial charge in [0.25, 0.3) is 5.91 Å². The average Bonchev–Trinajstić information content (AvgIpc) is 2.76. The fourth-order valence-electron chi connectivity index (χ4n) is 3.10. The smallest absolute Gasteiger partial charge is 0.253 e. The summed E-state index contributed by atoms with van der Waals surface area (Å²) in [5.41, 5.74) is 3.17. The molecule has 2 aromatic rings. The number of hydrogen-bond donors (Lipinski definition) is 2. The molecule has 1 amide bonds. The molecule has 0 aromatic heterocycles. The monoisotopic (exact) mass is 394 g/mol. The molecule has 29 heavy (non-hydrogen) atoms. The number of nitrogens with zero attached hydrogens (tertiary/aromatic N) is 2. The quantitative estimate of drug-likeness (QED) is 0.366. The Hall–Kier alpha value is -2.82. The standard InChI is InChI=1S/C24H34N4O/c1-4-25-24(26-18-10-13-20-11-8-7-9-12-20)27-19-21-14-16-22(17-15-21)23(29)28(5-2)6-3/h7-9,11-12,14-17H,4-6,10,13,18-19H2,1-3H3,(H2,25,26,27). The zero-order valence-electron chi connectivity index (χ0n) is 17.9. The third kappa shape index (κ3) is 7.60. The minimum absolute atomic E-state index is 0.0819. The van der Waals surface area contributed by atoms with Crippen molar-refractivity contribution in [2.24, 2.45) is 4.99 Å². The Labute approximate surface area is 175 Å². The fraction of sp³-hybridized carbons (Fsp3) is 0.417. The lowest BCUT2D eigenvalue weighted by atomic mass is 10.1. The SMILES string of the molecule is CCNC(=NCc1ccc(C(=O)N(CC)CC)cc1)NCCCc1ccccc1. The first-order chi connectivity index (χ1) is 14.2. The summed E-state index contributed by atoms with van der Waals surface area (Å²) in [6.07, 6.45) is 2.10. The van der Waals surface area contributed by atoms with Gasteiger partial charge < -0.3 is 15.5 Å². The van der Waals surface area contributed by atoms with Crippen molar-refractivity contribution in [2.45, 2.75) is 40.2 Å². The summed E-state index contributed by atoms with van der Waals surface area (Å²) >= 11 is 0. The van der Waals surface area contributed by atoms with Crippen molar-refractivity contribution in [3.8, 4) is 0 Å². The van der Waals surface area contributed by atoms with Gasteiger partial charge in [0.1, 0.15) is 0 Å². The zero-order valence-corrected chi connectivity index (χ0v) is 17.9. The molecular weight excluding hydrogens is 360 g/mol. The van der Waals surface area contributed by atoms with E-state index in [4.69, 9.17) is 0 Å². The maximum atomic E-state index is 12.4. The molecule has 0 saturated carbocycles. The molecule has 5 nitrogen and oxygen atoms in total. The molecule has 2 rings (SSSR count). The molecular formula is C24H34N4O. The molecule has 156 valence electrons. The molecule has 2 N–H and O–H groups in total. The van der Waals surface area contributed by atoms with Gasteiger partial charge in [-0.1, -0.05) is 42.5 Å². The predicted molar refractivity (Wildman–Crippen MR) is 121 cm³/mol. The van der Waals surface area contributed by atoms with E-state index >= 15 is 0 Å². The first-order valence-electron chi connectivity index (χ1n) is 10.6. The van der Waals surface area contributed by atoms with Crippen LogP contribution in [0.25, 0.3) is 0 Å². The Morgan fingerprint density at radius 3 is 2.21 bits per heavy atom. The van der Waals surface area contributed by atoms with E-state index in [1.807, 2.05) is 49.1 Å². The van der Waals surface area contributed by atoms with Crippen LogP contribution in [0.4, 0.5) is 0 Å². The molecule has 0 unspecified atom stereocenters. The predicted octanol–water partition coefficient (Wildman–Crippen LogP) is 3.86. The van der Waals surface area contributed by atoms with Gasteiger partial charge in [0.05, 0.1) is 6.54 Å². The number of amides is 1. The van der Waals surface area contributed by atoms with Gasteiger partial charge in [-0.2, -0.15) is 0 Å². The number of hydrogen-bond acceptors (Lipinski definition) is 2. The summed E-state index contributed by atoms with van der Waals surface area (Å²) in [7, 11) is 0. The Balaban J connectivity index is 1.86. The van der Waals surface area contributed by atoms with Gasteiger partial charge in [-0.25, -0.2) is 4.99 Å². The van der Waals surface area contributed by atoms with Gasteiger partial charge in [-0.05, 0) is 56.9 Å². The van der Waals surface area contributed by atoms with Crippen molar-refractivity contribution in [1.82, 2.24) is 15.5 Å². The zero-order chi connectivity index (χ0) is 20.9. The number of rotatable bonds is 10. The normalized spacial score (nSPS) is 11.2. The highest BCUT2D eigenvalue weighted by atomic mass is 16.2. The number of aryl methyl sites for hydroxylation is 1. The van der Waals surface area contributed by atoms with Crippen molar-refractivity contribution in [3.05, 3.63) is 71.3 Å². The molecule has 0 fully saturated rings. The summed E-state index contributed by atoms with van der Waals surface area (Å²) in [4.78, 5) is 18.9. The molecule has 0 atom stereocenters. The number of carbonyl (C=O) groups is 1. The van der Waals surface area contributed by atoms with E-state index in [0.29, 0.717) is 6.54 Å². The van der Waals surface area contributed by atoms with Crippen LogP contribution in [0.1, 0.15) is 48.7 Å². The Morgan fingerprint density at radius 2 is 1.59 bits per heavy atom. The van der Waals surface area contributed by atoms with E-state index in [1.54, 1.807) is 0 Å². The highest BCUT2D eigenvalue weighted by molar-refractivity contribution is 5.94. The van der Waals surface area contributed by atoms with Crippen LogP contribution in [0.5, 0.6) is 0 Å². The van der Waals surface area contributed by atoms with Gasteiger partial charge >= 0.3 is 0 Å². The molecule has 0 bridgehead atoms. The lowest BCUT2D eigenvalue weighted by Crippen LogP contribution is -2.37. The first kappa shape index (κ1) is 22.5. The fourth-order valence-corrected chi connectivity index (χ4v) is 3.10. The van der Waals surface area contributed by atoms with Crippen LogP contribution in [0.3, 0.4) is 0 Å². The number of benzene rings is 2. The highest BCUT2D eigenvalue weighted by Crippen LogP contribution is 2.09. The maximum absolute atomic E-state index is 12.4. The second-order valence-corrected chi connectivity index (χ2v) is 6.89. The van der Waals surface area contributed by atoms with Crippen LogP contribution in [-0.4, -0.2) is 42.9 Å². The second-order valence-electron chi connectivity index (χ2n) is 6.89. The third-order valence-electron chi connectivity index (χ3n) is 4.79. The molecule has 0 heterocycles. The Morgan fingerprint density at radius 1 is 0.897 bits per heavy atom. The van der Waals surface area contributed by atoms with Crippen molar-refractivity contribution in [3.63, 3.8) is 0 Å². The largest absolute Gasteiger partial charge is 0.357 e. The lowest BCUT2D eigenvalue weighted by Gasteiger charge is -2.18. The third-order valence-corrected chi connectivity index (χ3v) is 4.79. The van der Waals surface area contributed by atoms with Crippen molar-refractivity contribution in [1.29, 1.82) is 0 Å². The Kier molecular flexibility index (Phi) is 9.76. The number of guanidine groups is 1. The lowest BCUT2D eigenvalue weighted by molar-refractivity contribution is 0.0773. The van der Waals surface area contributed by atoms with Crippen molar-refractivity contribution < 1.29 is 4.79 Å². The average molecular weight is 395 g/mol. The molecule has 0 saturated heterocycles. The molecule has 0 aliphatic heterocycles. The van der Waals surface area contributed by atoms with Gasteiger partial charge in [0.15, 0.2) is 5.96 Å². The summed E-state index contributed by atoms with van der Waals surface area (Å²) in [5, 5.41) is 6.69. The van der Waals surface area contributed by atoms with Gasteiger partial charge in [0.2, 0.25) is 0 Å². The molecule has 5 heteroatoms. The summed E-state index contributed by atoms with van der Waals surface area (Å²) in [6.45, 7) is 9.79. The minimum Gasteiger partial charge on any atom is -0.357 e. The van der Waals surface area contributed by atoms with Gasteiger partial charge in [-0.3, -0.25) is 4.79 Å². The second kappa shape index (κ2) is 12.6. The van der Waals surface area contributed by atoms with E-state index in [-0.39, 0.29) is 5.91 Å². The van der Waals surface area contributed by atoms with Crippen LogP contribution < -0.4 is 10.6 Å². The van der Waals surface area contributed by atoms with E-state index < -0.39 is 0 Å². The van der Waals surface area contributed by atoms with Gasteiger partial charge in [-0.15, -0.1) is 0 Å². The molecule has 0 spiro atoms. The Bertz CT molecular complexity index is 752. The summed E-state index contributed by atoms with van der Waals surface area (Å²) < 4.78 is 0. The van der Waals surface area contributed by atoms with E-state index in [9.17, 15) is 4.79 Å². The number of nitrogens with one attached hydrogen (secondary N) is 2. The minimum atomic E-state index is 0.0819. The van der Waals surface area contributed by atoms with Crippen molar-refractivity contribution in [2.75, 3.05) is 26.2 Å². The first-order valence-corrected chi connectivity index (χ1v) is 10.6. The molecule has 0 aliphatic carbocycles.